The summed E-state index contributed by atoms with van der Waals surface area (Å²) in [5.74, 6) is -0.455. The van der Waals surface area contributed by atoms with Crippen LogP contribution in [0.1, 0.15) is 20.3 Å². The number of carbonyl (C=O) groups is 3. The molecule has 8 heteroatoms. The number of esters is 1. The van der Waals surface area contributed by atoms with Crippen LogP contribution in [0.25, 0.3) is 0 Å². The number of likely N-dealkylation sites (N-methyl/N-ethyl adjacent to an activating group) is 1. The maximum absolute atomic E-state index is 12.3. The molecule has 0 radical (unpaired) electrons. The highest BCUT2D eigenvalue weighted by Crippen LogP contribution is 2.36. The van der Waals surface area contributed by atoms with Crippen molar-refractivity contribution in [3.8, 4) is 11.5 Å². The normalized spacial score (nSPS) is 19.8. The second kappa shape index (κ2) is 7.63. The standard InChI is InChI=1S/C18H22N2O6/c1-3-19-17(22)11(2)26-18(23)12-8-16(21)20(10-12)13-4-5-14-15(9-13)25-7-6-24-14/h4-5,9,11-12H,3,6-8,10H2,1-2H3,(H,19,22)/t11-,12-/m1/s1. The van der Waals surface area contributed by atoms with Crippen LogP contribution in [0.15, 0.2) is 18.2 Å². The molecule has 1 saturated heterocycles. The molecule has 1 N–H and O–H groups in total. The summed E-state index contributed by atoms with van der Waals surface area (Å²) in [6.07, 6.45) is -0.837. The Labute approximate surface area is 151 Å². The molecule has 1 aromatic carbocycles. The molecule has 0 unspecified atom stereocenters. The van der Waals surface area contributed by atoms with E-state index in [1.54, 1.807) is 25.1 Å². The summed E-state index contributed by atoms with van der Waals surface area (Å²) in [5.41, 5.74) is 0.645. The van der Waals surface area contributed by atoms with E-state index in [0.29, 0.717) is 36.9 Å². The van der Waals surface area contributed by atoms with Crippen LogP contribution in [0.5, 0.6) is 11.5 Å². The summed E-state index contributed by atoms with van der Waals surface area (Å²) in [6, 6.07) is 5.24. The number of ether oxygens (including phenoxy) is 3. The zero-order valence-electron chi connectivity index (χ0n) is 14.8. The first-order valence-corrected chi connectivity index (χ1v) is 8.67. The van der Waals surface area contributed by atoms with E-state index >= 15 is 0 Å². The van der Waals surface area contributed by atoms with Crippen molar-refractivity contribution in [2.45, 2.75) is 26.4 Å². The van der Waals surface area contributed by atoms with E-state index in [9.17, 15) is 14.4 Å². The third kappa shape index (κ3) is 3.74. The van der Waals surface area contributed by atoms with Gasteiger partial charge in [0.05, 0.1) is 5.92 Å². The van der Waals surface area contributed by atoms with E-state index in [1.807, 2.05) is 0 Å². The molecule has 2 heterocycles. The van der Waals surface area contributed by atoms with Gasteiger partial charge in [-0.15, -0.1) is 0 Å². The van der Waals surface area contributed by atoms with Crippen molar-refractivity contribution in [1.29, 1.82) is 0 Å². The van der Waals surface area contributed by atoms with Gasteiger partial charge in [0.25, 0.3) is 5.91 Å². The molecule has 0 bridgehead atoms. The summed E-state index contributed by atoms with van der Waals surface area (Å²) >= 11 is 0. The molecule has 2 amide bonds. The van der Waals surface area contributed by atoms with Crippen molar-refractivity contribution < 1.29 is 28.6 Å². The number of benzene rings is 1. The van der Waals surface area contributed by atoms with Crippen molar-refractivity contribution in [2.75, 3.05) is 31.2 Å². The molecule has 0 aliphatic carbocycles. The first-order chi connectivity index (χ1) is 12.5. The fourth-order valence-electron chi connectivity index (χ4n) is 2.96. The predicted octanol–water partition coefficient (Wildman–Crippen LogP) is 0.878. The van der Waals surface area contributed by atoms with Gasteiger partial charge >= 0.3 is 5.97 Å². The number of hydrogen-bond acceptors (Lipinski definition) is 6. The maximum atomic E-state index is 12.3. The number of fused-ring (bicyclic) bond motifs is 1. The van der Waals surface area contributed by atoms with Gasteiger partial charge in [0.15, 0.2) is 17.6 Å². The molecule has 3 rings (SSSR count). The highest BCUT2D eigenvalue weighted by atomic mass is 16.6. The molecule has 8 nitrogen and oxygen atoms in total. The molecule has 26 heavy (non-hydrogen) atoms. The van der Waals surface area contributed by atoms with Gasteiger partial charge in [0.2, 0.25) is 5.91 Å². The third-order valence-electron chi connectivity index (χ3n) is 4.31. The molecule has 1 aromatic rings. The third-order valence-corrected chi connectivity index (χ3v) is 4.31. The van der Waals surface area contributed by atoms with Crippen molar-refractivity contribution in [3.05, 3.63) is 18.2 Å². The predicted molar refractivity (Wildman–Crippen MR) is 92.1 cm³/mol. The lowest BCUT2D eigenvalue weighted by molar-refractivity contribution is -0.158. The van der Waals surface area contributed by atoms with Crippen molar-refractivity contribution in [2.24, 2.45) is 5.92 Å². The van der Waals surface area contributed by atoms with Gasteiger partial charge in [-0.3, -0.25) is 14.4 Å². The van der Waals surface area contributed by atoms with E-state index < -0.39 is 18.0 Å². The highest BCUT2D eigenvalue weighted by Gasteiger charge is 2.37. The van der Waals surface area contributed by atoms with E-state index in [0.717, 1.165) is 0 Å². The van der Waals surface area contributed by atoms with Gasteiger partial charge in [-0.1, -0.05) is 0 Å². The average Bonchev–Trinajstić information content (AvgIpc) is 3.03. The lowest BCUT2D eigenvalue weighted by atomic mass is 10.1. The number of anilines is 1. The smallest absolute Gasteiger partial charge is 0.312 e. The van der Waals surface area contributed by atoms with Crippen LogP contribution in [-0.4, -0.2) is 50.2 Å². The lowest BCUT2D eigenvalue weighted by Gasteiger charge is -2.22. The summed E-state index contributed by atoms with van der Waals surface area (Å²) in [5, 5.41) is 2.59. The number of nitrogens with zero attached hydrogens (tertiary/aromatic N) is 1. The zero-order chi connectivity index (χ0) is 18.7. The Balaban J connectivity index is 1.65. The Bertz CT molecular complexity index is 720. The van der Waals surface area contributed by atoms with Crippen LogP contribution in [0.3, 0.4) is 0 Å². The van der Waals surface area contributed by atoms with E-state index in [-0.39, 0.29) is 24.8 Å². The summed E-state index contributed by atoms with van der Waals surface area (Å²) in [7, 11) is 0. The van der Waals surface area contributed by atoms with Gasteiger partial charge in [-0.05, 0) is 26.0 Å². The average molecular weight is 362 g/mol. The highest BCUT2D eigenvalue weighted by molar-refractivity contribution is 6.00. The number of carbonyl (C=O) groups excluding carboxylic acids is 3. The van der Waals surface area contributed by atoms with Crippen molar-refractivity contribution >= 4 is 23.5 Å². The fraction of sp³-hybridized carbons (Fsp3) is 0.500. The molecule has 0 aromatic heterocycles. The number of nitrogens with one attached hydrogen (secondary N) is 1. The molecule has 2 atom stereocenters. The molecule has 0 spiro atoms. The Morgan fingerprint density at radius 2 is 2.04 bits per heavy atom. The second-order valence-corrected chi connectivity index (χ2v) is 6.21. The van der Waals surface area contributed by atoms with E-state index in [2.05, 4.69) is 5.32 Å². The van der Waals surface area contributed by atoms with Gasteiger partial charge < -0.3 is 24.4 Å². The van der Waals surface area contributed by atoms with Crippen LogP contribution in [0.2, 0.25) is 0 Å². The van der Waals surface area contributed by atoms with Gasteiger partial charge in [-0.2, -0.15) is 0 Å². The summed E-state index contributed by atoms with van der Waals surface area (Å²) in [4.78, 5) is 37.9. The molecule has 140 valence electrons. The van der Waals surface area contributed by atoms with E-state index in [4.69, 9.17) is 14.2 Å². The van der Waals surface area contributed by atoms with Crippen molar-refractivity contribution in [3.63, 3.8) is 0 Å². The summed E-state index contributed by atoms with van der Waals surface area (Å²) in [6.45, 7) is 4.91. The second-order valence-electron chi connectivity index (χ2n) is 6.21. The first kappa shape index (κ1) is 18.0. The quantitative estimate of drug-likeness (QED) is 0.782. The zero-order valence-corrected chi connectivity index (χ0v) is 14.8. The number of hydrogen-bond donors (Lipinski definition) is 1. The lowest BCUT2D eigenvalue weighted by Crippen LogP contribution is -2.37. The van der Waals surface area contributed by atoms with E-state index in [1.165, 1.54) is 11.8 Å². The van der Waals surface area contributed by atoms with Crippen molar-refractivity contribution in [1.82, 2.24) is 5.32 Å². The van der Waals surface area contributed by atoms with Crippen LogP contribution in [-0.2, 0) is 19.1 Å². The first-order valence-electron chi connectivity index (χ1n) is 8.67. The molecule has 2 aliphatic rings. The minimum Gasteiger partial charge on any atom is -0.486 e. The Morgan fingerprint density at radius 1 is 1.31 bits per heavy atom. The SMILES string of the molecule is CCNC(=O)[C@@H](C)OC(=O)[C@@H]1CC(=O)N(c2ccc3c(c2)OCCO3)C1. The molecule has 0 saturated carbocycles. The molecule has 1 fully saturated rings. The Kier molecular flexibility index (Phi) is 5.29. The van der Waals surface area contributed by atoms with Gasteiger partial charge in [-0.25, -0.2) is 0 Å². The summed E-state index contributed by atoms with van der Waals surface area (Å²) < 4.78 is 16.2. The van der Waals surface area contributed by atoms with Crippen LogP contribution < -0.4 is 19.7 Å². The van der Waals surface area contributed by atoms with Gasteiger partial charge in [0, 0.05) is 31.3 Å². The van der Waals surface area contributed by atoms with Crippen LogP contribution >= 0.6 is 0 Å². The topological polar surface area (TPSA) is 94.2 Å². The fourth-order valence-corrected chi connectivity index (χ4v) is 2.96. The van der Waals surface area contributed by atoms with Crippen LogP contribution in [0.4, 0.5) is 5.69 Å². The molecular formula is C18H22N2O6. The Hall–Kier alpha value is -2.77. The monoisotopic (exact) mass is 362 g/mol. The van der Waals surface area contributed by atoms with Gasteiger partial charge in [0.1, 0.15) is 13.2 Å². The Morgan fingerprint density at radius 3 is 2.77 bits per heavy atom. The largest absolute Gasteiger partial charge is 0.486 e. The van der Waals surface area contributed by atoms with Crippen LogP contribution in [0, 0.1) is 5.92 Å². The number of amides is 2. The minimum absolute atomic E-state index is 0.0510. The number of rotatable bonds is 5. The molecule has 2 aliphatic heterocycles. The minimum atomic E-state index is -0.888. The molecular weight excluding hydrogens is 340 g/mol. The maximum Gasteiger partial charge on any atom is 0.312 e.